The average molecular weight is 260 g/mol. The van der Waals surface area contributed by atoms with Crippen LogP contribution in [0.4, 0.5) is 0 Å². The molecule has 0 atom stereocenters. The van der Waals surface area contributed by atoms with Crippen molar-refractivity contribution in [2.24, 2.45) is 0 Å². The molecule has 0 aromatic carbocycles. The van der Waals surface area contributed by atoms with Crippen molar-refractivity contribution < 1.29 is 9.90 Å². The van der Waals surface area contributed by atoms with Crippen LogP contribution in [0.2, 0.25) is 0 Å². The van der Waals surface area contributed by atoms with Gasteiger partial charge in [0.15, 0.2) is 0 Å². The second kappa shape index (κ2) is 4.99. The first kappa shape index (κ1) is 12.1. The maximum atomic E-state index is 10.9. The van der Waals surface area contributed by atoms with Gasteiger partial charge in [0.2, 0.25) is 0 Å². The largest absolute Gasteiger partial charge is 0.478 e. The van der Waals surface area contributed by atoms with E-state index in [1.807, 2.05) is 6.20 Å². The molecule has 0 unspecified atom stereocenters. The molecule has 100 valence electrons. The standard InChI is InChI=1S/C13H16N4O2/c18-13(19)10-1-2-12-15-11(9-17(12)7-10)8-16-5-3-14-4-6-16/h1-2,7,9,14H,3-6,8H2,(H,18,19). The summed E-state index contributed by atoms with van der Waals surface area (Å²) in [5, 5.41) is 12.3. The second-order valence-corrected chi connectivity index (χ2v) is 4.75. The van der Waals surface area contributed by atoms with Gasteiger partial charge in [-0.05, 0) is 12.1 Å². The van der Waals surface area contributed by atoms with Crippen molar-refractivity contribution in [2.75, 3.05) is 26.2 Å². The molecule has 1 saturated heterocycles. The van der Waals surface area contributed by atoms with Crippen LogP contribution in [-0.4, -0.2) is 51.5 Å². The van der Waals surface area contributed by atoms with E-state index in [2.05, 4.69) is 15.2 Å². The highest BCUT2D eigenvalue weighted by atomic mass is 16.4. The Hall–Kier alpha value is -1.92. The molecule has 0 bridgehead atoms. The quantitative estimate of drug-likeness (QED) is 0.838. The number of nitrogens with zero attached hydrogens (tertiary/aromatic N) is 3. The molecule has 1 aliphatic rings. The summed E-state index contributed by atoms with van der Waals surface area (Å²) in [6, 6.07) is 3.32. The minimum atomic E-state index is -0.917. The van der Waals surface area contributed by atoms with Gasteiger partial charge in [0.1, 0.15) is 5.65 Å². The smallest absolute Gasteiger partial charge is 0.337 e. The molecule has 0 radical (unpaired) electrons. The van der Waals surface area contributed by atoms with E-state index in [4.69, 9.17) is 5.11 Å². The van der Waals surface area contributed by atoms with Gasteiger partial charge in [-0.3, -0.25) is 4.90 Å². The van der Waals surface area contributed by atoms with E-state index >= 15 is 0 Å². The molecule has 6 heteroatoms. The highest BCUT2D eigenvalue weighted by Crippen LogP contribution is 2.10. The number of piperazine rings is 1. The fourth-order valence-corrected chi connectivity index (χ4v) is 2.35. The molecule has 0 aliphatic carbocycles. The van der Waals surface area contributed by atoms with Crippen molar-refractivity contribution in [3.63, 3.8) is 0 Å². The number of aromatic nitrogens is 2. The number of imidazole rings is 1. The molecule has 2 aromatic heterocycles. The Labute approximate surface area is 110 Å². The first-order valence-electron chi connectivity index (χ1n) is 6.36. The number of carbonyl (C=O) groups is 1. The predicted molar refractivity (Wildman–Crippen MR) is 70.3 cm³/mol. The lowest BCUT2D eigenvalue weighted by Crippen LogP contribution is -2.42. The van der Waals surface area contributed by atoms with Crippen molar-refractivity contribution in [2.45, 2.75) is 6.54 Å². The molecule has 2 aromatic rings. The molecule has 3 rings (SSSR count). The molecule has 0 amide bonds. The number of carboxylic acids is 1. The van der Waals surface area contributed by atoms with Crippen LogP contribution in [0.3, 0.4) is 0 Å². The van der Waals surface area contributed by atoms with Gasteiger partial charge in [-0.15, -0.1) is 0 Å². The topological polar surface area (TPSA) is 69.9 Å². The lowest BCUT2D eigenvalue weighted by Gasteiger charge is -2.26. The molecule has 2 N–H and O–H groups in total. The highest BCUT2D eigenvalue weighted by Gasteiger charge is 2.12. The van der Waals surface area contributed by atoms with E-state index in [1.165, 1.54) is 0 Å². The Balaban J connectivity index is 1.82. The van der Waals surface area contributed by atoms with Gasteiger partial charge in [0.25, 0.3) is 0 Å². The molecule has 0 saturated carbocycles. The van der Waals surface area contributed by atoms with Crippen LogP contribution in [0.5, 0.6) is 0 Å². The van der Waals surface area contributed by atoms with Crippen molar-refractivity contribution in [3.05, 3.63) is 35.8 Å². The average Bonchev–Trinajstić information content (AvgIpc) is 2.80. The van der Waals surface area contributed by atoms with E-state index in [0.29, 0.717) is 0 Å². The highest BCUT2D eigenvalue weighted by molar-refractivity contribution is 5.87. The fourth-order valence-electron chi connectivity index (χ4n) is 2.35. The normalized spacial score (nSPS) is 16.8. The Morgan fingerprint density at radius 1 is 1.32 bits per heavy atom. The molecule has 1 fully saturated rings. The van der Waals surface area contributed by atoms with Crippen LogP contribution in [0.25, 0.3) is 5.65 Å². The summed E-state index contributed by atoms with van der Waals surface area (Å²) < 4.78 is 1.78. The lowest BCUT2D eigenvalue weighted by molar-refractivity contribution is 0.0696. The van der Waals surface area contributed by atoms with Crippen LogP contribution in [0.1, 0.15) is 16.1 Å². The predicted octanol–water partition coefficient (Wildman–Crippen LogP) is 0.438. The van der Waals surface area contributed by atoms with Crippen molar-refractivity contribution in [3.8, 4) is 0 Å². The summed E-state index contributed by atoms with van der Waals surface area (Å²) in [4.78, 5) is 17.8. The third-order valence-corrected chi connectivity index (χ3v) is 3.34. The Kier molecular flexibility index (Phi) is 3.18. The van der Waals surface area contributed by atoms with Crippen molar-refractivity contribution >= 4 is 11.6 Å². The van der Waals surface area contributed by atoms with E-state index in [9.17, 15) is 4.79 Å². The van der Waals surface area contributed by atoms with Crippen LogP contribution >= 0.6 is 0 Å². The lowest BCUT2D eigenvalue weighted by atomic mass is 10.3. The summed E-state index contributed by atoms with van der Waals surface area (Å²) in [7, 11) is 0. The zero-order valence-corrected chi connectivity index (χ0v) is 10.5. The van der Waals surface area contributed by atoms with E-state index in [1.54, 1.807) is 22.7 Å². The van der Waals surface area contributed by atoms with Crippen LogP contribution in [0.15, 0.2) is 24.5 Å². The molecule has 19 heavy (non-hydrogen) atoms. The zero-order valence-electron chi connectivity index (χ0n) is 10.5. The van der Waals surface area contributed by atoms with Crippen molar-refractivity contribution in [1.82, 2.24) is 19.6 Å². The summed E-state index contributed by atoms with van der Waals surface area (Å²) in [5.74, 6) is -0.917. The van der Waals surface area contributed by atoms with Gasteiger partial charge >= 0.3 is 5.97 Å². The monoisotopic (exact) mass is 260 g/mol. The third-order valence-electron chi connectivity index (χ3n) is 3.34. The molecule has 6 nitrogen and oxygen atoms in total. The van der Waals surface area contributed by atoms with Crippen LogP contribution in [-0.2, 0) is 6.54 Å². The molecule has 1 aliphatic heterocycles. The maximum absolute atomic E-state index is 10.9. The van der Waals surface area contributed by atoms with Gasteiger partial charge in [-0.25, -0.2) is 9.78 Å². The molecular formula is C13H16N4O2. The maximum Gasteiger partial charge on any atom is 0.337 e. The minimum Gasteiger partial charge on any atom is -0.478 e. The van der Waals surface area contributed by atoms with Crippen LogP contribution < -0.4 is 5.32 Å². The van der Waals surface area contributed by atoms with Gasteiger partial charge in [0.05, 0.1) is 11.3 Å². The Bertz CT molecular complexity index is 602. The summed E-state index contributed by atoms with van der Waals surface area (Å²) >= 11 is 0. The summed E-state index contributed by atoms with van der Waals surface area (Å²) in [5.41, 5.74) is 2.04. The summed E-state index contributed by atoms with van der Waals surface area (Å²) in [6.07, 6.45) is 3.51. The van der Waals surface area contributed by atoms with Gasteiger partial charge in [0, 0.05) is 45.1 Å². The first-order valence-corrected chi connectivity index (χ1v) is 6.36. The van der Waals surface area contributed by atoms with E-state index < -0.39 is 5.97 Å². The van der Waals surface area contributed by atoms with Gasteiger partial charge in [-0.2, -0.15) is 0 Å². The number of rotatable bonds is 3. The number of carboxylic acid groups (broad SMARTS) is 1. The molecule has 3 heterocycles. The number of aromatic carboxylic acids is 1. The SMILES string of the molecule is O=C(O)c1ccc2nc(CN3CCNCC3)cn2c1. The number of hydrogen-bond donors (Lipinski definition) is 2. The van der Waals surface area contributed by atoms with Gasteiger partial charge < -0.3 is 14.8 Å². The van der Waals surface area contributed by atoms with Crippen LogP contribution in [0, 0.1) is 0 Å². The first-order chi connectivity index (χ1) is 9.22. The number of nitrogens with one attached hydrogen (secondary N) is 1. The summed E-state index contributed by atoms with van der Waals surface area (Å²) in [6.45, 7) is 4.88. The Morgan fingerprint density at radius 3 is 2.84 bits per heavy atom. The number of fused-ring (bicyclic) bond motifs is 1. The van der Waals surface area contributed by atoms with E-state index in [0.717, 1.165) is 44.1 Å². The number of pyridine rings is 1. The zero-order chi connectivity index (χ0) is 13.2. The molecule has 0 spiro atoms. The molecular weight excluding hydrogens is 244 g/mol. The second-order valence-electron chi connectivity index (χ2n) is 4.75. The minimum absolute atomic E-state index is 0.277. The number of hydrogen-bond acceptors (Lipinski definition) is 4. The Morgan fingerprint density at radius 2 is 2.11 bits per heavy atom. The fraction of sp³-hybridized carbons (Fsp3) is 0.385. The van der Waals surface area contributed by atoms with Crippen molar-refractivity contribution in [1.29, 1.82) is 0 Å². The van der Waals surface area contributed by atoms with E-state index in [-0.39, 0.29) is 5.56 Å². The third kappa shape index (κ3) is 2.59. The van der Waals surface area contributed by atoms with Gasteiger partial charge in [-0.1, -0.05) is 0 Å².